The molecule has 2 aromatic rings. The highest BCUT2D eigenvalue weighted by molar-refractivity contribution is 5.78. The molecule has 0 saturated heterocycles. The van der Waals surface area contributed by atoms with Crippen LogP contribution in [0.2, 0.25) is 0 Å². The molecule has 3 heteroatoms. The zero-order chi connectivity index (χ0) is 15.5. The fraction of sp³-hybridized carbons (Fsp3) is 0.316. The minimum absolute atomic E-state index is 0.0581. The van der Waals surface area contributed by atoms with E-state index in [9.17, 15) is 4.79 Å². The molecule has 1 atom stereocenters. The summed E-state index contributed by atoms with van der Waals surface area (Å²) in [4.78, 5) is 12.1. The van der Waals surface area contributed by atoms with Gasteiger partial charge in [-0.05, 0) is 49.4 Å². The Labute approximate surface area is 131 Å². The number of nitrogens with one attached hydrogen (secondary N) is 1. The van der Waals surface area contributed by atoms with Gasteiger partial charge in [-0.1, -0.05) is 42.0 Å². The lowest BCUT2D eigenvalue weighted by molar-refractivity contribution is -0.123. The predicted octanol–water partition coefficient (Wildman–Crippen LogP) is 3.49. The summed E-state index contributed by atoms with van der Waals surface area (Å²) in [6.45, 7) is 4.09. The first-order valence-corrected chi connectivity index (χ1v) is 7.71. The van der Waals surface area contributed by atoms with Crippen molar-refractivity contribution < 1.29 is 9.53 Å². The first-order valence-electron chi connectivity index (χ1n) is 7.71. The predicted molar refractivity (Wildman–Crippen MR) is 87.1 cm³/mol. The fourth-order valence-electron chi connectivity index (χ4n) is 3.05. The van der Waals surface area contributed by atoms with Crippen LogP contribution in [0.1, 0.15) is 34.7 Å². The van der Waals surface area contributed by atoms with Crippen molar-refractivity contribution in [1.82, 2.24) is 5.32 Å². The van der Waals surface area contributed by atoms with Crippen molar-refractivity contribution in [3.8, 4) is 5.75 Å². The molecule has 0 heterocycles. The monoisotopic (exact) mass is 295 g/mol. The van der Waals surface area contributed by atoms with Crippen LogP contribution in [-0.2, 0) is 11.2 Å². The van der Waals surface area contributed by atoms with Gasteiger partial charge in [-0.25, -0.2) is 0 Å². The van der Waals surface area contributed by atoms with E-state index in [1.54, 1.807) is 0 Å². The van der Waals surface area contributed by atoms with E-state index in [0.29, 0.717) is 0 Å². The molecule has 0 unspecified atom stereocenters. The van der Waals surface area contributed by atoms with Gasteiger partial charge >= 0.3 is 0 Å². The molecule has 1 aliphatic carbocycles. The van der Waals surface area contributed by atoms with Crippen molar-refractivity contribution in [3.63, 3.8) is 0 Å². The number of carbonyl (C=O) groups is 1. The molecule has 0 fully saturated rings. The smallest absolute Gasteiger partial charge is 0.258 e. The lowest BCUT2D eigenvalue weighted by Crippen LogP contribution is -2.31. The molecule has 3 nitrogen and oxygen atoms in total. The summed E-state index contributed by atoms with van der Waals surface area (Å²) in [6, 6.07) is 14.4. The number of aryl methyl sites for hydroxylation is 3. The van der Waals surface area contributed by atoms with Crippen LogP contribution in [0.5, 0.6) is 5.75 Å². The summed E-state index contributed by atoms with van der Waals surface area (Å²) >= 11 is 0. The second kappa shape index (κ2) is 6.22. The van der Waals surface area contributed by atoms with E-state index in [-0.39, 0.29) is 18.6 Å². The van der Waals surface area contributed by atoms with Gasteiger partial charge in [-0.2, -0.15) is 0 Å². The van der Waals surface area contributed by atoms with E-state index in [1.165, 1.54) is 16.7 Å². The lowest BCUT2D eigenvalue weighted by atomic mass is 10.1. The zero-order valence-corrected chi connectivity index (χ0v) is 13.1. The average Bonchev–Trinajstić information content (AvgIpc) is 2.90. The summed E-state index contributed by atoms with van der Waals surface area (Å²) in [7, 11) is 0. The second-order valence-corrected chi connectivity index (χ2v) is 5.92. The third kappa shape index (κ3) is 3.14. The van der Waals surface area contributed by atoms with Crippen molar-refractivity contribution >= 4 is 5.91 Å². The average molecular weight is 295 g/mol. The van der Waals surface area contributed by atoms with Crippen LogP contribution in [0.3, 0.4) is 0 Å². The molecule has 1 amide bonds. The molecule has 0 bridgehead atoms. The van der Waals surface area contributed by atoms with Gasteiger partial charge in [0.1, 0.15) is 5.75 Å². The van der Waals surface area contributed by atoms with Gasteiger partial charge in [-0.3, -0.25) is 4.79 Å². The number of hydrogen-bond acceptors (Lipinski definition) is 2. The quantitative estimate of drug-likeness (QED) is 0.937. The Kier molecular flexibility index (Phi) is 4.14. The molecule has 2 aromatic carbocycles. The first kappa shape index (κ1) is 14.6. The standard InChI is InChI=1S/C19H21NO2/c1-13-7-10-18(14(2)11-13)22-12-19(21)20-17-9-8-15-5-3-4-6-16(15)17/h3-7,10-11,17H,8-9,12H2,1-2H3,(H,20,21)/t17-/m1/s1. The molecule has 0 aliphatic heterocycles. The molecule has 0 aromatic heterocycles. The van der Waals surface area contributed by atoms with Crippen LogP contribution < -0.4 is 10.1 Å². The molecule has 22 heavy (non-hydrogen) atoms. The summed E-state index contributed by atoms with van der Waals surface area (Å²) in [6.07, 6.45) is 1.99. The molecule has 114 valence electrons. The summed E-state index contributed by atoms with van der Waals surface area (Å²) in [5, 5.41) is 3.07. The van der Waals surface area contributed by atoms with Crippen molar-refractivity contribution in [2.75, 3.05) is 6.61 Å². The summed E-state index contributed by atoms with van der Waals surface area (Å²) in [5.41, 5.74) is 4.82. The maximum absolute atomic E-state index is 12.1. The number of rotatable bonds is 4. The fourth-order valence-corrected chi connectivity index (χ4v) is 3.05. The number of ether oxygens (including phenoxy) is 1. The number of fused-ring (bicyclic) bond motifs is 1. The van der Waals surface area contributed by atoms with Crippen LogP contribution in [0.4, 0.5) is 0 Å². The van der Waals surface area contributed by atoms with E-state index in [2.05, 4.69) is 23.5 Å². The molecule has 3 rings (SSSR count). The van der Waals surface area contributed by atoms with Crippen LogP contribution in [0.25, 0.3) is 0 Å². The Hall–Kier alpha value is -2.29. The summed E-state index contributed by atoms with van der Waals surface area (Å²) in [5.74, 6) is 0.703. The second-order valence-electron chi connectivity index (χ2n) is 5.92. The van der Waals surface area contributed by atoms with Crippen LogP contribution in [0.15, 0.2) is 42.5 Å². The van der Waals surface area contributed by atoms with Crippen molar-refractivity contribution in [1.29, 1.82) is 0 Å². The molecular weight excluding hydrogens is 274 g/mol. The van der Waals surface area contributed by atoms with E-state index < -0.39 is 0 Å². The minimum atomic E-state index is -0.0679. The van der Waals surface area contributed by atoms with Gasteiger partial charge in [0.15, 0.2) is 6.61 Å². The van der Waals surface area contributed by atoms with E-state index >= 15 is 0 Å². The molecule has 0 radical (unpaired) electrons. The molecular formula is C19H21NO2. The van der Waals surface area contributed by atoms with Gasteiger partial charge in [0.05, 0.1) is 6.04 Å². The van der Waals surface area contributed by atoms with Gasteiger partial charge in [-0.15, -0.1) is 0 Å². The molecule has 1 N–H and O–H groups in total. The highest BCUT2D eigenvalue weighted by Crippen LogP contribution is 2.30. The van der Waals surface area contributed by atoms with Crippen LogP contribution >= 0.6 is 0 Å². The highest BCUT2D eigenvalue weighted by Gasteiger charge is 2.23. The third-order valence-corrected chi connectivity index (χ3v) is 4.16. The topological polar surface area (TPSA) is 38.3 Å². The van der Waals surface area contributed by atoms with Gasteiger partial charge in [0.2, 0.25) is 0 Å². The Balaban J connectivity index is 1.57. The SMILES string of the molecule is Cc1ccc(OCC(=O)N[C@@H]2CCc3ccccc32)c(C)c1. The maximum atomic E-state index is 12.1. The van der Waals surface area contributed by atoms with E-state index in [1.807, 2.05) is 38.1 Å². The van der Waals surface area contributed by atoms with E-state index in [0.717, 1.165) is 24.2 Å². The van der Waals surface area contributed by atoms with Gasteiger partial charge in [0.25, 0.3) is 5.91 Å². The number of hydrogen-bond donors (Lipinski definition) is 1. The lowest BCUT2D eigenvalue weighted by Gasteiger charge is -2.15. The van der Waals surface area contributed by atoms with Crippen molar-refractivity contribution in [2.24, 2.45) is 0 Å². The van der Waals surface area contributed by atoms with Gasteiger partial charge < -0.3 is 10.1 Å². The normalized spacial score (nSPS) is 16.2. The molecule has 0 spiro atoms. The van der Waals surface area contributed by atoms with Crippen LogP contribution in [0, 0.1) is 13.8 Å². The van der Waals surface area contributed by atoms with Crippen LogP contribution in [-0.4, -0.2) is 12.5 Å². The molecule has 1 aliphatic rings. The Bertz CT molecular complexity index is 694. The minimum Gasteiger partial charge on any atom is -0.484 e. The van der Waals surface area contributed by atoms with E-state index in [4.69, 9.17) is 4.74 Å². The zero-order valence-electron chi connectivity index (χ0n) is 13.1. The molecule has 0 saturated carbocycles. The van der Waals surface area contributed by atoms with Gasteiger partial charge in [0, 0.05) is 0 Å². The number of carbonyl (C=O) groups excluding carboxylic acids is 1. The Morgan fingerprint density at radius 3 is 2.86 bits per heavy atom. The van der Waals surface area contributed by atoms with Crippen molar-refractivity contribution in [3.05, 3.63) is 64.7 Å². The third-order valence-electron chi connectivity index (χ3n) is 4.16. The largest absolute Gasteiger partial charge is 0.484 e. The Morgan fingerprint density at radius 2 is 2.05 bits per heavy atom. The Morgan fingerprint density at radius 1 is 1.23 bits per heavy atom. The first-order chi connectivity index (χ1) is 10.6. The van der Waals surface area contributed by atoms with Crippen molar-refractivity contribution in [2.45, 2.75) is 32.7 Å². The highest BCUT2D eigenvalue weighted by atomic mass is 16.5. The number of amides is 1. The summed E-state index contributed by atoms with van der Waals surface area (Å²) < 4.78 is 5.64. The maximum Gasteiger partial charge on any atom is 0.258 e. The number of benzene rings is 2.